The van der Waals surface area contributed by atoms with Crippen LogP contribution in [0.2, 0.25) is 0 Å². The third-order valence-electron chi connectivity index (χ3n) is 3.55. The van der Waals surface area contributed by atoms with E-state index in [1.807, 2.05) is 30.3 Å². The first-order chi connectivity index (χ1) is 10.0. The van der Waals surface area contributed by atoms with Crippen LogP contribution in [-0.4, -0.2) is 9.91 Å². The molecule has 5 heteroatoms. The number of hydrogen-bond acceptors (Lipinski definition) is 3. The van der Waals surface area contributed by atoms with Crippen LogP contribution >= 0.6 is 11.6 Å². The number of hydrogen-bond donors (Lipinski definition) is 0. The van der Waals surface area contributed by atoms with Crippen molar-refractivity contribution < 1.29 is 4.92 Å². The van der Waals surface area contributed by atoms with E-state index in [4.69, 9.17) is 11.6 Å². The Morgan fingerprint density at radius 2 is 1.95 bits per heavy atom. The Morgan fingerprint density at radius 3 is 2.57 bits per heavy atom. The van der Waals surface area contributed by atoms with E-state index in [0.29, 0.717) is 24.0 Å². The molecule has 0 saturated heterocycles. The van der Waals surface area contributed by atoms with Crippen molar-refractivity contribution in [2.24, 2.45) is 0 Å². The Morgan fingerprint density at radius 1 is 1.29 bits per heavy atom. The molecule has 1 unspecified atom stereocenters. The topological polar surface area (TPSA) is 56.0 Å². The summed E-state index contributed by atoms with van der Waals surface area (Å²) in [5.41, 5.74) is 3.18. The number of aromatic nitrogens is 1. The van der Waals surface area contributed by atoms with Gasteiger partial charge < -0.3 is 0 Å². The second kappa shape index (κ2) is 6.68. The zero-order chi connectivity index (χ0) is 15.4. The predicted octanol–water partition coefficient (Wildman–Crippen LogP) is 4.52. The van der Waals surface area contributed by atoms with Gasteiger partial charge in [-0.2, -0.15) is 0 Å². The second-order valence-corrected chi connectivity index (χ2v) is 5.56. The molecular formula is C16H17ClN2O2. The van der Waals surface area contributed by atoms with Crippen molar-refractivity contribution in [1.29, 1.82) is 0 Å². The minimum Gasteiger partial charge on any atom is -0.260 e. The number of alkyl halides is 1. The second-order valence-electron chi connectivity index (χ2n) is 5.04. The van der Waals surface area contributed by atoms with Gasteiger partial charge in [0.2, 0.25) is 0 Å². The first-order valence-corrected chi connectivity index (χ1v) is 7.23. The first-order valence-electron chi connectivity index (χ1n) is 6.79. The Kier molecular flexibility index (Phi) is 4.91. The van der Waals surface area contributed by atoms with Crippen molar-refractivity contribution in [3.8, 4) is 0 Å². The summed E-state index contributed by atoms with van der Waals surface area (Å²) in [4.78, 5) is 15.1. The molecule has 0 aliphatic rings. The van der Waals surface area contributed by atoms with E-state index in [2.05, 4.69) is 4.98 Å². The number of nitrogens with zero attached hydrogens (tertiary/aromatic N) is 2. The van der Waals surface area contributed by atoms with E-state index >= 15 is 0 Å². The summed E-state index contributed by atoms with van der Waals surface area (Å²) in [5.74, 6) is 0. The third kappa shape index (κ3) is 3.58. The van der Waals surface area contributed by atoms with Gasteiger partial charge in [0.15, 0.2) is 0 Å². The largest absolute Gasteiger partial charge is 0.278 e. The average Bonchev–Trinajstić information content (AvgIpc) is 2.46. The van der Waals surface area contributed by atoms with Crippen LogP contribution in [0, 0.1) is 24.0 Å². The molecule has 0 amide bonds. The predicted molar refractivity (Wildman–Crippen MR) is 83.7 cm³/mol. The highest BCUT2D eigenvalue weighted by atomic mass is 35.5. The van der Waals surface area contributed by atoms with Gasteiger partial charge in [-0.05, 0) is 32.3 Å². The Labute approximate surface area is 128 Å². The van der Waals surface area contributed by atoms with Crippen LogP contribution in [0.15, 0.2) is 36.5 Å². The summed E-state index contributed by atoms with van der Waals surface area (Å²) in [7, 11) is 0. The zero-order valence-electron chi connectivity index (χ0n) is 12.0. The van der Waals surface area contributed by atoms with E-state index in [1.54, 1.807) is 20.0 Å². The van der Waals surface area contributed by atoms with Gasteiger partial charge in [-0.3, -0.25) is 15.1 Å². The SMILES string of the molecule is Cc1cnc(CCC(Cl)c2ccccc2)c(C)c1[N+](=O)[O-]. The highest BCUT2D eigenvalue weighted by molar-refractivity contribution is 6.20. The van der Waals surface area contributed by atoms with Gasteiger partial charge in [-0.15, -0.1) is 11.6 Å². The molecule has 4 nitrogen and oxygen atoms in total. The van der Waals surface area contributed by atoms with E-state index in [1.165, 1.54) is 0 Å². The molecule has 110 valence electrons. The van der Waals surface area contributed by atoms with Crippen LogP contribution < -0.4 is 0 Å². The molecule has 0 fully saturated rings. The number of pyridine rings is 1. The van der Waals surface area contributed by atoms with Crippen LogP contribution in [0.4, 0.5) is 5.69 Å². The number of benzene rings is 1. The number of halogens is 1. The highest BCUT2D eigenvalue weighted by Crippen LogP contribution is 2.29. The minimum atomic E-state index is -0.342. The lowest BCUT2D eigenvalue weighted by Crippen LogP contribution is -2.03. The molecule has 0 aliphatic heterocycles. The standard InChI is InChI=1S/C16H17ClN2O2/c1-11-10-18-15(12(2)16(11)19(20)21)9-8-14(17)13-6-4-3-5-7-13/h3-7,10,14H,8-9H2,1-2H3. The van der Waals surface area contributed by atoms with Crippen molar-refractivity contribution in [2.45, 2.75) is 32.1 Å². The van der Waals surface area contributed by atoms with Crippen LogP contribution in [0.25, 0.3) is 0 Å². The van der Waals surface area contributed by atoms with Gasteiger partial charge in [0.1, 0.15) is 0 Å². The molecular weight excluding hydrogens is 288 g/mol. The fourth-order valence-electron chi connectivity index (χ4n) is 2.39. The molecule has 0 N–H and O–H groups in total. The van der Waals surface area contributed by atoms with Gasteiger partial charge in [0.05, 0.1) is 16.0 Å². The molecule has 1 heterocycles. The Hall–Kier alpha value is -1.94. The third-order valence-corrected chi connectivity index (χ3v) is 4.02. The van der Waals surface area contributed by atoms with Gasteiger partial charge in [-0.1, -0.05) is 30.3 Å². The Balaban J connectivity index is 2.14. The maximum atomic E-state index is 11.1. The molecule has 2 aromatic rings. The smallest absolute Gasteiger partial charge is 0.260 e. The molecule has 1 aromatic heterocycles. The molecule has 2 rings (SSSR count). The lowest BCUT2D eigenvalue weighted by molar-refractivity contribution is -0.386. The number of aryl methyl sites for hydroxylation is 2. The molecule has 1 atom stereocenters. The van der Waals surface area contributed by atoms with Crippen molar-refractivity contribution in [3.05, 3.63) is 69.0 Å². The van der Waals surface area contributed by atoms with Crippen LogP contribution in [0.1, 0.15) is 34.2 Å². The zero-order valence-corrected chi connectivity index (χ0v) is 12.8. The summed E-state index contributed by atoms with van der Waals surface area (Å²) in [6.45, 7) is 3.45. The molecule has 0 aliphatic carbocycles. The molecule has 0 radical (unpaired) electrons. The summed E-state index contributed by atoms with van der Waals surface area (Å²) in [6.07, 6.45) is 2.88. The maximum absolute atomic E-state index is 11.1. The van der Waals surface area contributed by atoms with Crippen molar-refractivity contribution in [1.82, 2.24) is 4.98 Å². The minimum absolute atomic E-state index is 0.118. The monoisotopic (exact) mass is 304 g/mol. The van der Waals surface area contributed by atoms with Crippen molar-refractivity contribution in [3.63, 3.8) is 0 Å². The lowest BCUT2D eigenvalue weighted by Gasteiger charge is -2.11. The van der Waals surface area contributed by atoms with Gasteiger partial charge in [0, 0.05) is 17.3 Å². The van der Waals surface area contributed by atoms with E-state index in [9.17, 15) is 10.1 Å². The van der Waals surface area contributed by atoms with Crippen molar-refractivity contribution >= 4 is 17.3 Å². The quantitative estimate of drug-likeness (QED) is 0.463. The van der Waals surface area contributed by atoms with Gasteiger partial charge in [-0.25, -0.2) is 0 Å². The van der Waals surface area contributed by atoms with Gasteiger partial charge >= 0.3 is 0 Å². The fraction of sp³-hybridized carbons (Fsp3) is 0.312. The number of rotatable bonds is 5. The Bertz CT molecular complexity index is 644. The van der Waals surface area contributed by atoms with E-state index in [0.717, 1.165) is 11.3 Å². The first kappa shape index (κ1) is 15.4. The molecule has 0 spiro atoms. The molecule has 21 heavy (non-hydrogen) atoms. The molecule has 0 saturated carbocycles. The normalized spacial score (nSPS) is 12.1. The van der Waals surface area contributed by atoms with Crippen molar-refractivity contribution in [2.75, 3.05) is 0 Å². The maximum Gasteiger partial charge on any atom is 0.278 e. The molecule has 1 aromatic carbocycles. The fourth-order valence-corrected chi connectivity index (χ4v) is 2.64. The summed E-state index contributed by atoms with van der Waals surface area (Å²) < 4.78 is 0. The van der Waals surface area contributed by atoms with Crippen LogP contribution in [0.3, 0.4) is 0 Å². The van der Waals surface area contributed by atoms with Crippen LogP contribution in [0.5, 0.6) is 0 Å². The van der Waals surface area contributed by atoms with E-state index in [-0.39, 0.29) is 16.0 Å². The highest BCUT2D eigenvalue weighted by Gasteiger charge is 2.19. The summed E-state index contributed by atoms with van der Waals surface area (Å²) in [6, 6.07) is 9.81. The summed E-state index contributed by atoms with van der Waals surface area (Å²) in [5, 5.41) is 11.0. The summed E-state index contributed by atoms with van der Waals surface area (Å²) >= 11 is 6.38. The number of nitro groups is 1. The molecule has 0 bridgehead atoms. The van der Waals surface area contributed by atoms with Gasteiger partial charge in [0.25, 0.3) is 5.69 Å². The van der Waals surface area contributed by atoms with E-state index < -0.39 is 0 Å². The van der Waals surface area contributed by atoms with Crippen LogP contribution in [-0.2, 0) is 6.42 Å². The average molecular weight is 305 g/mol. The lowest BCUT2D eigenvalue weighted by atomic mass is 10.0.